The number of aryl methyl sites for hydroxylation is 1. The van der Waals surface area contributed by atoms with E-state index in [1.165, 1.54) is 16.6 Å². The predicted octanol–water partition coefficient (Wildman–Crippen LogP) is 3.94. The molecule has 0 aliphatic rings. The maximum Gasteiger partial charge on any atom is 0.230 e. The van der Waals surface area contributed by atoms with Gasteiger partial charge in [0, 0.05) is 16.5 Å². The van der Waals surface area contributed by atoms with Crippen molar-refractivity contribution in [1.29, 1.82) is 0 Å². The quantitative estimate of drug-likeness (QED) is 0.642. The number of amides is 1. The summed E-state index contributed by atoms with van der Waals surface area (Å²) < 4.78 is 0. The highest BCUT2D eigenvalue weighted by atomic mass is 32.2. The number of nitrogens with one attached hydrogen (secondary N) is 1. The number of rotatable bonds is 6. The normalized spacial score (nSPS) is 12.4. The molecule has 0 saturated heterocycles. The van der Waals surface area contributed by atoms with Crippen molar-refractivity contribution >= 4 is 29.0 Å². The highest BCUT2D eigenvalue weighted by molar-refractivity contribution is 7.99. The van der Waals surface area contributed by atoms with Gasteiger partial charge in [0.25, 0.3) is 0 Å². The van der Waals surface area contributed by atoms with Crippen molar-refractivity contribution in [1.82, 2.24) is 15.3 Å². The Morgan fingerprint density at radius 3 is 2.77 bits per heavy atom. The number of hydrogen-bond acceptors (Lipinski definition) is 5. The van der Waals surface area contributed by atoms with Gasteiger partial charge in [-0.25, -0.2) is 9.97 Å². The van der Waals surface area contributed by atoms with Crippen LogP contribution in [0.4, 0.5) is 0 Å². The third-order valence-electron chi connectivity index (χ3n) is 3.06. The molecule has 2 heterocycles. The van der Waals surface area contributed by atoms with Gasteiger partial charge in [-0.3, -0.25) is 4.79 Å². The van der Waals surface area contributed by atoms with Crippen molar-refractivity contribution in [3.8, 4) is 0 Å². The Morgan fingerprint density at radius 2 is 2.14 bits per heavy atom. The third kappa shape index (κ3) is 4.81. The van der Waals surface area contributed by atoms with Gasteiger partial charge in [-0.15, -0.1) is 11.3 Å². The van der Waals surface area contributed by atoms with Gasteiger partial charge in [-0.1, -0.05) is 31.7 Å². The lowest BCUT2D eigenvalue weighted by molar-refractivity contribution is -0.119. The second-order valence-electron chi connectivity index (χ2n) is 5.45. The van der Waals surface area contributed by atoms with Crippen LogP contribution in [0.5, 0.6) is 0 Å². The summed E-state index contributed by atoms with van der Waals surface area (Å²) in [7, 11) is 0. The first-order valence-corrected chi connectivity index (χ1v) is 9.13. The number of thioether (sulfide) groups is 1. The van der Waals surface area contributed by atoms with E-state index in [1.807, 2.05) is 37.4 Å². The van der Waals surface area contributed by atoms with Crippen LogP contribution < -0.4 is 5.32 Å². The molecule has 6 heteroatoms. The lowest BCUT2D eigenvalue weighted by Gasteiger charge is -2.12. The van der Waals surface area contributed by atoms with E-state index in [9.17, 15) is 4.79 Å². The SMILES string of the molecule is Cc1cc(SCC(=O)N[C@@H](C)c2cccs2)nc(C(C)C)n1. The molecule has 0 aliphatic heterocycles. The first-order valence-electron chi connectivity index (χ1n) is 7.27. The summed E-state index contributed by atoms with van der Waals surface area (Å²) in [5, 5.41) is 5.89. The van der Waals surface area contributed by atoms with Crippen molar-refractivity contribution < 1.29 is 4.79 Å². The summed E-state index contributed by atoms with van der Waals surface area (Å²) in [6, 6.07) is 6.00. The van der Waals surface area contributed by atoms with Crippen LogP contribution in [0.15, 0.2) is 28.6 Å². The molecule has 2 aromatic rings. The average molecular weight is 335 g/mol. The molecule has 118 valence electrons. The Balaban J connectivity index is 1.91. The maximum atomic E-state index is 12.1. The number of hydrogen-bond donors (Lipinski definition) is 1. The fourth-order valence-corrected chi connectivity index (χ4v) is 3.43. The van der Waals surface area contributed by atoms with Crippen LogP contribution in [0.3, 0.4) is 0 Å². The monoisotopic (exact) mass is 335 g/mol. The van der Waals surface area contributed by atoms with Crippen LogP contribution in [0.25, 0.3) is 0 Å². The van der Waals surface area contributed by atoms with Crippen LogP contribution in [0, 0.1) is 6.92 Å². The first-order chi connectivity index (χ1) is 10.5. The molecular formula is C16H21N3OS2. The first kappa shape index (κ1) is 17.0. The second-order valence-corrected chi connectivity index (χ2v) is 7.43. The summed E-state index contributed by atoms with van der Waals surface area (Å²) in [5.41, 5.74) is 0.938. The Bertz CT molecular complexity index is 626. The average Bonchev–Trinajstić information content (AvgIpc) is 2.98. The number of carbonyl (C=O) groups excluding carboxylic acids is 1. The fourth-order valence-electron chi connectivity index (χ4n) is 1.93. The van der Waals surface area contributed by atoms with E-state index in [0.717, 1.165) is 16.5 Å². The largest absolute Gasteiger partial charge is 0.348 e. The lowest BCUT2D eigenvalue weighted by atomic mass is 10.2. The molecule has 2 aromatic heterocycles. The molecule has 0 radical (unpaired) electrons. The Morgan fingerprint density at radius 1 is 1.36 bits per heavy atom. The van der Waals surface area contributed by atoms with Gasteiger partial charge in [0.2, 0.25) is 5.91 Å². The lowest BCUT2D eigenvalue weighted by Crippen LogP contribution is -2.27. The van der Waals surface area contributed by atoms with Gasteiger partial charge in [-0.05, 0) is 31.4 Å². The second kappa shape index (κ2) is 7.74. The van der Waals surface area contributed by atoms with Gasteiger partial charge in [0.05, 0.1) is 11.8 Å². The predicted molar refractivity (Wildman–Crippen MR) is 92.5 cm³/mol. The number of nitrogens with zero attached hydrogens (tertiary/aromatic N) is 2. The molecule has 0 spiro atoms. The summed E-state index contributed by atoms with van der Waals surface area (Å²) in [6.07, 6.45) is 0. The van der Waals surface area contributed by atoms with Gasteiger partial charge in [-0.2, -0.15) is 0 Å². The molecule has 22 heavy (non-hydrogen) atoms. The van der Waals surface area contributed by atoms with E-state index in [2.05, 4.69) is 29.1 Å². The van der Waals surface area contributed by atoms with Gasteiger partial charge < -0.3 is 5.32 Å². The molecule has 0 saturated carbocycles. The fraction of sp³-hybridized carbons (Fsp3) is 0.438. The molecule has 0 unspecified atom stereocenters. The molecule has 1 amide bonds. The van der Waals surface area contributed by atoms with E-state index >= 15 is 0 Å². The molecule has 0 fully saturated rings. The highest BCUT2D eigenvalue weighted by Gasteiger charge is 2.12. The maximum absolute atomic E-state index is 12.1. The topological polar surface area (TPSA) is 54.9 Å². The summed E-state index contributed by atoms with van der Waals surface area (Å²) >= 11 is 3.11. The van der Waals surface area contributed by atoms with Crippen LogP contribution in [-0.2, 0) is 4.79 Å². The molecular weight excluding hydrogens is 314 g/mol. The minimum Gasteiger partial charge on any atom is -0.348 e. The highest BCUT2D eigenvalue weighted by Crippen LogP contribution is 2.21. The van der Waals surface area contributed by atoms with E-state index in [1.54, 1.807) is 11.3 Å². The zero-order valence-electron chi connectivity index (χ0n) is 13.3. The van der Waals surface area contributed by atoms with Crippen LogP contribution in [0.1, 0.15) is 49.1 Å². The van der Waals surface area contributed by atoms with E-state index in [4.69, 9.17) is 0 Å². The van der Waals surface area contributed by atoms with Gasteiger partial charge in [0.15, 0.2) is 0 Å². The van der Waals surface area contributed by atoms with E-state index in [-0.39, 0.29) is 17.9 Å². The van der Waals surface area contributed by atoms with Crippen LogP contribution >= 0.6 is 23.1 Å². The van der Waals surface area contributed by atoms with Gasteiger partial charge >= 0.3 is 0 Å². The standard InChI is InChI=1S/C16H21N3OS2/c1-10(2)16-17-11(3)8-15(19-16)22-9-14(20)18-12(4)13-6-5-7-21-13/h5-8,10,12H,9H2,1-4H3,(H,18,20)/t12-/m0/s1. The summed E-state index contributed by atoms with van der Waals surface area (Å²) in [6.45, 7) is 8.09. The summed E-state index contributed by atoms with van der Waals surface area (Å²) in [4.78, 5) is 22.1. The Labute approximate surface area is 139 Å². The summed E-state index contributed by atoms with van der Waals surface area (Å²) in [5.74, 6) is 1.50. The smallest absolute Gasteiger partial charge is 0.230 e. The number of thiophene rings is 1. The Kier molecular flexibility index (Phi) is 5.97. The zero-order chi connectivity index (χ0) is 16.1. The molecule has 2 rings (SSSR count). The van der Waals surface area contributed by atoms with Crippen molar-refractivity contribution in [3.63, 3.8) is 0 Å². The van der Waals surface area contributed by atoms with Gasteiger partial charge in [0.1, 0.15) is 10.9 Å². The molecule has 1 N–H and O–H groups in total. The zero-order valence-corrected chi connectivity index (χ0v) is 14.9. The van der Waals surface area contributed by atoms with Crippen molar-refractivity contribution in [2.45, 2.75) is 44.7 Å². The van der Waals surface area contributed by atoms with Crippen molar-refractivity contribution in [2.75, 3.05) is 5.75 Å². The van der Waals surface area contributed by atoms with E-state index < -0.39 is 0 Å². The molecule has 0 aliphatic carbocycles. The molecule has 0 aromatic carbocycles. The minimum absolute atomic E-state index is 0.0215. The number of carbonyl (C=O) groups is 1. The molecule has 0 bridgehead atoms. The van der Waals surface area contributed by atoms with Crippen LogP contribution in [-0.4, -0.2) is 21.6 Å². The van der Waals surface area contributed by atoms with Crippen LogP contribution in [0.2, 0.25) is 0 Å². The minimum atomic E-state index is 0.0215. The van der Waals surface area contributed by atoms with Crippen molar-refractivity contribution in [3.05, 3.63) is 40.0 Å². The Hall–Kier alpha value is -1.40. The number of aromatic nitrogens is 2. The van der Waals surface area contributed by atoms with E-state index in [0.29, 0.717) is 5.75 Å². The third-order valence-corrected chi connectivity index (χ3v) is 5.03. The molecule has 4 nitrogen and oxygen atoms in total. The molecule has 1 atom stereocenters. The van der Waals surface area contributed by atoms with Crippen molar-refractivity contribution in [2.24, 2.45) is 0 Å².